The van der Waals surface area contributed by atoms with Crippen LogP contribution in [0.3, 0.4) is 0 Å². The van der Waals surface area contributed by atoms with Crippen LogP contribution in [0, 0.1) is 11.6 Å². The summed E-state index contributed by atoms with van der Waals surface area (Å²) in [7, 11) is -8.09. The summed E-state index contributed by atoms with van der Waals surface area (Å²) in [5, 5.41) is 40.9. The number of aromatic nitrogens is 4. The van der Waals surface area contributed by atoms with Crippen molar-refractivity contribution in [1.29, 1.82) is 0 Å². The maximum atomic E-state index is 13.6. The van der Waals surface area contributed by atoms with Gasteiger partial charge in [-0.3, -0.25) is 9.13 Å². The molecule has 2 aromatic heterocycles. The molecule has 0 aliphatic heterocycles. The SMILES string of the molecule is CC(C)c1nc(-c2ccccc2)nc(-c2ccc(F)cc2)c1C=CP(=O)(O)C[C@@H](O)CC(=O)[O-].CC(C)c1nc(-c2ccccc2)nc(-c2ccc(F)cc2)c1C=CP(=O)(O)C[C@@H](O)CC(=O)[O-].[Na+].[Na+]. The molecule has 6 rings (SSSR count). The number of benzene rings is 4. The van der Waals surface area contributed by atoms with Crippen molar-refractivity contribution < 1.29 is 117 Å². The minimum absolute atomic E-state index is 0. The zero-order valence-electron chi connectivity index (χ0n) is 39.5. The molecule has 70 heavy (non-hydrogen) atoms. The van der Waals surface area contributed by atoms with Gasteiger partial charge in [-0.05, 0) is 72.5 Å². The Bertz CT molecular complexity index is 2670. The molecule has 4 N–H and O–H groups in total. The number of halogens is 2. The third-order valence-electron chi connectivity index (χ3n) is 10.0. The molecule has 0 saturated heterocycles. The smallest absolute Gasteiger partial charge is 0.550 e. The van der Waals surface area contributed by atoms with Crippen LogP contribution >= 0.6 is 14.7 Å². The predicted molar refractivity (Wildman–Crippen MR) is 253 cm³/mol. The zero-order chi connectivity index (χ0) is 49.8. The fraction of sp³-hybridized carbons (Fsp3) is 0.240. The number of carbonyl (C=O) groups excluding carboxylic acids is 2. The van der Waals surface area contributed by atoms with Crippen LogP contribution in [0.25, 0.3) is 57.4 Å². The summed E-state index contributed by atoms with van der Waals surface area (Å²) in [5.41, 5.74) is 5.81. The van der Waals surface area contributed by atoms with Gasteiger partial charge >= 0.3 is 59.1 Å². The summed E-state index contributed by atoms with van der Waals surface area (Å²) in [6.45, 7) is 7.69. The fourth-order valence-corrected chi connectivity index (χ4v) is 9.37. The van der Waals surface area contributed by atoms with Crippen molar-refractivity contribution in [3.8, 4) is 45.3 Å². The largest absolute Gasteiger partial charge is 1.00 e. The number of rotatable bonds is 18. The molecule has 4 atom stereocenters. The number of aliphatic hydroxyl groups is 2. The Morgan fingerprint density at radius 3 is 1.14 bits per heavy atom. The number of carbonyl (C=O) groups is 2. The Kier molecular flexibility index (Phi) is 23.5. The van der Waals surface area contributed by atoms with Crippen molar-refractivity contribution in [2.45, 2.75) is 64.6 Å². The molecule has 14 nitrogen and oxygen atoms in total. The van der Waals surface area contributed by atoms with Crippen LogP contribution in [0.15, 0.2) is 121 Å². The second-order valence-corrected chi connectivity index (χ2v) is 20.8. The first-order valence-corrected chi connectivity index (χ1v) is 25.2. The Balaban J connectivity index is 0.000000360. The van der Waals surface area contributed by atoms with Crippen molar-refractivity contribution >= 4 is 38.8 Å². The number of hydrogen-bond acceptors (Lipinski definition) is 12. The van der Waals surface area contributed by atoms with Gasteiger partial charge in [0.25, 0.3) is 0 Å². The van der Waals surface area contributed by atoms with E-state index in [2.05, 4.69) is 0 Å². The van der Waals surface area contributed by atoms with Gasteiger partial charge < -0.3 is 39.8 Å². The molecular weight excluding hydrogens is 962 g/mol. The average Bonchev–Trinajstić information content (AvgIpc) is 3.27. The van der Waals surface area contributed by atoms with Crippen LogP contribution in [0.4, 0.5) is 8.78 Å². The molecule has 0 bridgehead atoms. The van der Waals surface area contributed by atoms with Gasteiger partial charge in [0.15, 0.2) is 11.6 Å². The van der Waals surface area contributed by atoms with Gasteiger partial charge in [0, 0.05) is 69.8 Å². The van der Waals surface area contributed by atoms with Gasteiger partial charge in [0.2, 0.25) is 14.7 Å². The molecule has 0 aliphatic rings. The van der Waals surface area contributed by atoms with Crippen molar-refractivity contribution in [2.75, 3.05) is 12.3 Å². The Morgan fingerprint density at radius 1 is 0.543 bits per heavy atom. The van der Waals surface area contributed by atoms with E-state index in [0.29, 0.717) is 56.7 Å². The Morgan fingerprint density at radius 2 is 0.857 bits per heavy atom. The molecule has 2 heterocycles. The zero-order valence-corrected chi connectivity index (χ0v) is 45.3. The molecule has 4 aromatic carbocycles. The van der Waals surface area contributed by atoms with Crippen LogP contribution < -0.4 is 69.3 Å². The summed E-state index contributed by atoms with van der Waals surface area (Å²) in [6.07, 6.45) is -2.99. The van der Waals surface area contributed by atoms with Crippen LogP contribution in [-0.2, 0) is 18.7 Å². The second kappa shape index (κ2) is 27.4. The van der Waals surface area contributed by atoms with E-state index in [1.54, 1.807) is 24.3 Å². The van der Waals surface area contributed by atoms with Crippen molar-refractivity contribution in [1.82, 2.24) is 19.9 Å². The molecule has 0 spiro atoms. The topological polar surface area (TPSA) is 247 Å². The van der Waals surface area contributed by atoms with E-state index >= 15 is 0 Å². The van der Waals surface area contributed by atoms with E-state index in [-0.39, 0.29) is 71.0 Å². The second-order valence-electron chi connectivity index (χ2n) is 16.4. The van der Waals surface area contributed by atoms with Crippen molar-refractivity contribution in [3.63, 3.8) is 0 Å². The van der Waals surface area contributed by atoms with Gasteiger partial charge in [-0.25, -0.2) is 28.7 Å². The van der Waals surface area contributed by atoms with Crippen molar-refractivity contribution in [2.24, 2.45) is 0 Å². The number of hydrogen-bond donors (Lipinski definition) is 4. The monoisotopic (exact) mass is 1010 g/mol. The third kappa shape index (κ3) is 18.0. The van der Waals surface area contributed by atoms with E-state index < -0.39 is 75.7 Å². The average molecular weight is 1010 g/mol. The minimum atomic E-state index is -4.05. The maximum Gasteiger partial charge on any atom is 1.00 e. The quantitative estimate of drug-likeness (QED) is 0.0707. The van der Waals surface area contributed by atoms with E-state index in [1.807, 2.05) is 88.4 Å². The first kappa shape index (κ1) is 59.9. The van der Waals surface area contributed by atoms with Gasteiger partial charge in [-0.2, -0.15) is 0 Å². The Hall–Kier alpha value is -4.38. The minimum Gasteiger partial charge on any atom is -0.550 e. The van der Waals surface area contributed by atoms with Gasteiger partial charge in [-0.15, -0.1) is 0 Å². The molecule has 0 fully saturated rings. The molecular formula is C50H50F2N4Na2O10P2. The molecule has 0 aliphatic carbocycles. The van der Waals surface area contributed by atoms with Crippen LogP contribution in [0.5, 0.6) is 0 Å². The van der Waals surface area contributed by atoms with E-state index in [1.165, 1.54) is 36.4 Å². The summed E-state index contributed by atoms with van der Waals surface area (Å²) in [5.74, 6) is -1.03. The molecule has 356 valence electrons. The number of carboxylic acid groups (broad SMARTS) is 2. The Labute approximate surface area is 449 Å². The molecule has 0 radical (unpaired) electrons. The number of carboxylic acids is 2. The number of aliphatic hydroxyl groups excluding tert-OH is 2. The first-order valence-electron chi connectivity index (χ1n) is 21.3. The summed E-state index contributed by atoms with van der Waals surface area (Å²) >= 11 is 0. The summed E-state index contributed by atoms with van der Waals surface area (Å²) < 4.78 is 52.5. The summed E-state index contributed by atoms with van der Waals surface area (Å²) in [6, 6.07) is 30.1. The predicted octanol–water partition coefficient (Wildman–Crippen LogP) is 1.64. The van der Waals surface area contributed by atoms with Gasteiger partial charge in [0.05, 0.1) is 47.3 Å². The normalized spacial score (nSPS) is 13.9. The molecule has 0 saturated carbocycles. The number of nitrogens with zero attached hydrogens (tertiary/aromatic N) is 4. The van der Waals surface area contributed by atoms with Crippen LogP contribution in [0.2, 0.25) is 0 Å². The van der Waals surface area contributed by atoms with E-state index in [0.717, 1.165) is 22.8 Å². The van der Waals surface area contributed by atoms with Crippen LogP contribution in [0.1, 0.15) is 74.9 Å². The van der Waals surface area contributed by atoms with Gasteiger partial charge in [0.1, 0.15) is 11.6 Å². The molecule has 2 unspecified atom stereocenters. The third-order valence-corrected chi connectivity index (χ3v) is 13.2. The van der Waals surface area contributed by atoms with Gasteiger partial charge in [-0.1, -0.05) is 88.4 Å². The van der Waals surface area contributed by atoms with E-state index in [4.69, 9.17) is 19.9 Å². The number of aliphatic carboxylic acids is 2. The molecule has 20 heteroatoms. The molecule has 0 amide bonds. The van der Waals surface area contributed by atoms with E-state index in [9.17, 15) is 57.7 Å². The maximum absolute atomic E-state index is 13.6. The molecule has 6 aromatic rings. The fourth-order valence-electron chi connectivity index (χ4n) is 6.89. The van der Waals surface area contributed by atoms with Crippen molar-refractivity contribution in [3.05, 3.63) is 155 Å². The standard InChI is InChI=1S/2C25H26FN2O5P.2Na/c2*1-16(2)23-21(12-13-34(32,33)15-20(29)14-22(30)31)24(17-8-10-19(26)11-9-17)28-25(27-23)18-6-4-3-5-7-18;;/h2*3-13,16,20,29H,14-15H2,1-2H3,(H,30,31)(H,32,33);;/q;;2*+1/p-2/t2*20-;;/m00../s1. The summed E-state index contributed by atoms with van der Waals surface area (Å²) in [4.78, 5) is 60.8. The van der Waals surface area contributed by atoms with Crippen LogP contribution in [-0.4, -0.2) is 76.4 Å². The first-order chi connectivity index (χ1) is 32.1.